The molecular formula is C11H9NO3S. The number of hydrogen-bond donors (Lipinski definition) is 1. The standard InChI is InChI=1S/C11H9NO3S/c1-14-7-3-2-6-4-8(10(12)16)11(13)15-9(6)5-7/h2-5H,1H3,(H2,12,16). The molecular weight excluding hydrogens is 226 g/mol. The summed E-state index contributed by atoms with van der Waals surface area (Å²) < 4.78 is 10.1. The zero-order chi connectivity index (χ0) is 11.7. The molecule has 0 radical (unpaired) electrons. The molecule has 1 aromatic heterocycles. The van der Waals surface area contributed by atoms with Gasteiger partial charge in [0.2, 0.25) is 0 Å². The van der Waals surface area contributed by atoms with Gasteiger partial charge in [-0.05, 0) is 18.2 Å². The van der Waals surface area contributed by atoms with Crippen molar-refractivity contribution in [3.05, 3.63) is 40.2 Å². The molecule has 0 aliphatic carbocycles. The van der Waals surface area contributed by atoms with Crippen molar-refractivity contribution in [3.8, 4) is 5.75 Å². The summed E-state index contributed by atoms with van der Waals surface area (Å²) in [6.07, 6.45) is 0. The van der Waals surface area contributed by atoms with Crippen LogP contribution in [0.2, 0.25) is 0 Å². The van der Waals surface area contributed by atoms with Crippen molar-refractivity contribution in [2.24, 2.45) is 5.73 Å². The smallest absolute Gasteiger partial charge is 0.346 e. The van der Waals surface area contributed by atoms with Gasteiger partial charge in [-0.1, -0.05) is 12.2 Å². The van der Waals surface area contributed by atoms with E-state index in [0.717, 1.165) is 5.39 Å². The van der Waals surface area contributed by atoms with Crippen molar-refractivity contribution in [2.75, 3.05) is 7.11 Å². The van der Waals surface area contributed by atoms with Crippen molar-refractivity contribution in [1.82, 2.24) is 0 Å². The lowest BCUT2D eigenvalue weighted by Crippen LogP contribution is -2.19. The van der Waals surface area contributed by atoms with E-state index in [9.17, 15) is 4.79 Å². The number of nitrogens with two attached hydrogens (primary N) is 1. The van der Waals surface area contributed by atoms with E-state index >= 15 is 0 Å². The lowest BCUT2D eigenvalue weighted by Gasteiger charge is -2.02. The minimum atomic E-state index is -0.534. The van der Waals surface area contributed by atoms with Crippen molar-refractivity contribution in [3.63, 3.8) is 0 Å². The normalized spacial score (nSPS) is 10.3. The Morgan fingerprint density at radius 2 is 2.19 bits per heavy atom. The first kappa shape index (κ1) is 10.6. The molecule has 0 aliphatic heterocycles. The summed E-state index contributed by atoms with van der Waals surface area (Å²) in [5, 5.41) is 0.753. The van der Waals surface area contributed by atoms with E-state index in [1.807, 2.05) is 0 Å². The number of methoxy groups -OCH3 is 1. The molecule has 16 heavy (non-hydrogen) atoms. The summed E-state index contributed by atoms with van der Waals surface area (Å²) in [7, 11) is 1.54. The maximum Gasteiger partial charge on any atom is 0.346 e. The second kappa shape index (κ2) is 3.94. The van der Waals surface area contributed by atoms with Gasteiger partial charge >= 0.3 is 5.63 Å². The molecule has 1 heterocycles. The largest absolute Gasteiger partial charge is 0.497 e. The van der Waals surface area contributed by atoms with E-state index in [2.05, 4.69) is 0 Å². The van der Waals surface area contributed by atoms with Gasteiger partial charge in [-0.25, -0.2) is 4.79 Å². The second-order valence-corrected chi connectivity index (χ2v) is 3.66. The quantitative estimate of drug-likeness (QED) is 0.630. The molecule has 0 atom stereocenters. The zero-order valence-corrected chi connectivity index (χ0v) is 9.34. The number of hydrogen-bond acceptors (Lipinski definition) is 4. The van der Waals surface area contributed by atoms with Crippen LogP contribution in [0.5, 0.6) is 5.75 Å². The number of ether oxygens (including phenoxy) is 1. The molecule has 0 fully saturated rings. The van der Waals surface area contributed by atoms with Crippen molar-refractivity contribution >= 4 is 28.2 Å². The predicted molar refractivity (Wildman–Crippen MR) is 64.9 cm³/mol. The van der Waals surface area contributed by atoms with Crippen LogP contribution >= 0.6 is 12.2 Å². The van der Waals surface area contributed by atoms with Gasteiger partial charge in [0.15, 0.2) is 0 Å². The van der Waals surface area contributed by atoms with Gasteiger partial charge in [0.25, 0.3) is 0 Å². The van der Waals surface area contributed by atoms with Crippen LogP contribution in [0.3, 0.4) is 0 Å². The molecule has 0 aliphatic rings. The van der Waals surface area contributed by atoms with Crippen LogP contribution in [-0.2, 0) is 0 Å². The van der Waals surface area contributed by atoms with Gasteiger partial charge in [-0.15, -0.1) is 0 Å². The van der Waals surface area contributed by atoms with E-state index in [1.54, 1.807) is 31.4 Å². The van der Waals surface area contributed by atoms with Crippen LogP contribution in [0, 0.1) is 0 Å². The Hall–Kier alpha value is -1.88. The molecule has 2 aromatic rings. The number of fused-ring (bicyclic) bond motifs is 1. The molecule has 5 heteroatoms. The summed E-state index contributed by atoms with van der Waals surface area (Å²) in [5.74, 6) is 0.624. The highest BCUT2D eigenvalue weighted by Gasteiger charge is 2.07. The average molecular weight is 235 g/mol. The molecule has 1 aromatic carbocycles. The Labute approximate surface area is 96.6 Å². The summed E-state index contributed by atoms with van der Waals surface area (Å²) in [4.78, 5) is 11.5. The first-order valence-electron chi connectivity index (χ1n) is 4.53. The molecule has 0 amide bonds. The van der Waals surface area contributed by atoms with Gasteiger partial charge < -0.3 is 14.9 Å². The van der Waals surface area contributed by atoms with Crippen LogP contribution in [0.25, 0.3) is 11.0 Å². The molecule has 0 spiro atoms. The maximum absolute atomic E-state index is 11.5. The van der Waals surface area contributed by atoms with Crippen molar-refractivity contribution in [1.29, 1.82) is 0 Å². The van der Waals surface area contributed by atoms with Gasteiger partial charge in [0.1, 0.15) is 16.3 Å². The predicted octanol–water partition coefficient (Wildman–Crippen LogP) is 1.44. The monoisotopic (exact) mass is 235 g/mol. The molecule has 4 nitrogen and oxygen atoms in total. The van der Waals surface area contributed by atoms with Gasteiger partial charge in [0, 0.05) is 11.5 Å². The third kappa shape index (κ3) is 1.77. The van der Waals surface area contributed by atoms with E-state index in [0.29, 0.717) is 11.3 Å². The van der Waals surface area contributed by atoms with Crippen molar-refractivity contribution < 1.29 is 9.15 Å². The molecule has 0 saturated carbocycles. The van der Waals surface area contributed by atoms with E-state index in [1.165, 1.54) is 0 Å². The first-order valence-corrected chi connectivity index (χ1v) is 4.94. The highest BCUT2D eigenvalue weighted by molar-refractivity contribution is 7.80. The first-order chi connectivity index (χ1) is 7.61. The zero-order valence-electron chi connectivity index (χ0n) is 8.52. The average Bonchev–Trinajstić information content (AvgIpc) is 2.27. The topological polar surface area (TPSA) is 65.5 Å². The molecule has 0 saturated heterocycles. The Kier molecular flexibility index (Phi) is 2.62. The maximum atomic E-state index is 11.5. The van der Waals surface area contributed by atoms with Crippen molar-refractivity contribution in [2.45, 2.75) is 0 Å². The number of thiocarbonyl (C=S) groups is 1. The lowest BCUT2D eigenvalue weighted by molar-refractivity contribution is 0.414. The summed E-state index contributed by atoms with van der Waals surface area (Å²) >= 11 is 4.75. The Bertz CT molecular complexity index is 618. The van der Waals surface area contributed by atoms with Crippen LogP contribution < -0.4 is 16.1 Å². The Morgan fingerprint density at radius 1 is 1.44 bits per heavy atom. The second-order valence-electron chi connectivity index (χ2n) is 3.22. The fourth-order valence-corrected chi connectivity index (χ4v) is 1.53. The van der Waals surface area contributed by atoms with E-state index < -0.39 is 5.63 Å². The van der Waals surface area contributed by atoms with E-state index in [4.69, 9.17) is 27.1 Å². The van der Waals surface area contributed by atoms with Gasteiger partial charge in [-0.2, -0.15) is 0 Å². The fraction of sp³-hybridized carbons (Fsp3) is 0.0909. The van der Waals surface area contributed by atoms with Gasteiger partial charge in [0.05, 0.1) is 12.7 Å². The molecule has 2 N–H and O–H groups in total. The van der Waals surface area contributed by atoms with Crippen LogP contribution in [0.15, 0.2) is 33.5 Å². The van der Waals surface area contributed by atoms with Gasteiger partial charge in [-0.3, -0.25) is 0 Å². The SMILES string of the molecule is COc1ccc2cc(C(N)=S)c(=O)oc2c1. The lowest BCUT2D eigenvalue weighted by atomic mass is 10.2. The number of rotatable bonds is 2. The molecule has 0 unspecified atom stereocenters. The Morgan fingerprint density at radius 3 is 2.81 bits per heavy atom. The number of benzene rings is 1. The molecule has 2 rings (SSSR count). The van der Waals surface area contributed by atoms with E-state index in [-0.39, 0.29) is 10.6 Å². The highest BCUT2D eigenvalue weighted by atomic mass is 32.1. The van der Waals surface area contributed by atoms with Crippen LogP contribution in [0.1, 0.15) is 5.56 Å². The summed E-state index contributed by atoms with van der Waals surface area (Å²) in [6, 6.07) is 6.80. The minimum Gasteiger partial charge on any atom is -0.497 e. The third-order valence-electron chi connectivity index (χ3n) is 2.21. The summed E-state index contributed by atoms with van der Waals surface area (Å²) in [6.45, 7) is 0. The molecule has 82 valence electrons. The third-order valence-corrected chi connectivity index (χ3v) is 2.43. The highest BCUT2D eigenvalue weighted by Crippen LogP contribution is 2.19. The van der Waals surface area contributed by atoms with Crippen LogP contribution in [0.4, 0.5) is 0 Å². The molecule has 0 bridgehead atoms. The Balaban J connectivity index is 2.74. The van der Waals surface area contributed by atoms with Crippen LogP contribution in [-0.4, -0.2) is 12.1 Å². The fourth-order valence-electron chi connectivity index (χ4n) is 1.39. The summed E-state index contributed by atoms with van der Waals surface area (Å²) in [5.41, 5.74) is 5.54. The minimum absolute atomic E-state index is 0.0338.